The molecule has 0 bridgehead atoms. The average Bonchev–Trinajstić information content (AvgIpc) is 3.09. The van der Waals surface area contributed by atoms with Crippen LogP contribution in [0.3, 0.4) is 0 Å². The average molecular weight is 662 g/mol. The number of fused-ring (bicyclic) bond motifs is 2. The number of hydrogen-bond donors (Lipinski definition) is 1. The molecule has 2 unspecified atom stereocenters. The molecule has 1 amide bonds. The van der Waals surface area contributed by atoms with Crippen molar-refractivity contribution in [1.29, 1.82) is 5.26 Å². The van der Waals surface area contributed by atoms with Gasteiger partial charge in [-0.2, -0.15) is 15.2 Å². The summed E-state index contributed by atoms with van der Waals surface area (Å²) in [5.74, 6) is 0.472. The molecule has 1 aromatic heterocycles. The maximum atomic E-state index is 13.0. The number of ether oxygens (including phenoxy) is 1. The fourth-order valence-corrected chi connectivity index (χ4v) is 6.60. The Kier molecular flexibility index (Phi) is 12.8. The highest BCUT2D eigenvalue weighted by atomic mass is 35.5. The number of amides is 1. The van der Waals surface area contributed by atoms with E-state index in [1.165, 1.54) is 0 Å². The maximum Gasteiger partial charge on any atom is 0.318 e. The molecule has 252 valence electrons. The number of aliphatic hydroxyl groups excluding tert-OH is 1. The Balaban J connectivity index is 0.00000245. The third-order valence-electron chi connectivity index (χ3n) is 8.82. The number of anilines is 2. The van der Waals surface area contributed by atoms with Crippen LogP contribution in [0.4, 0.5) is 11.5 Å². The summed E-state index contributed by atoms with van der Waals surface area (Å²) in [5.41, 5.74) is 3.13. The molecular weight excluding hydrogens is 614 g/mol. The summed E-state index contributed by atoms with van der Waals surface area (Å²) in [4.78, 5) is 31.2. The molecule has 1 N–H and O–H groups in total. The van der Waals surface area contributed by atoms with Crippen LogP contribution in [0.5, 0.6) is 6.01 Å². The van der Waals surface area contributed by atoms with E-state index in [9.17, 15) is 15.2 Å². The van der Waals surface area contributed by atoms with Crippen molar-refractivity contribution in [3.8, 4) is 12.1 Å². The first-order chi connectivity index (χ1) is 22.7. The molecule has 1 fully saturated rings. The largest absolute Gasteiger partial charge is 0.462 e. The van der Waals surface area contributed by atoms with Crippen molar-refractivity contribution in [1.82, 2.24) is 19.8 Å². The number of aromatic nitrogens is 2. The smallest absolute Gasteiger partial charge is 0.318 e. The van der Waals surface area contributed by atoms with Crippen LogP contribution >= 0.6 is 11.6 Å². The second-order valence-electron chi connectivity index (χ2n) is 12.0. The number of rotatable bonds is 11. The minimum absolute atomic E-state index is 0.123. The fraction of sp³-hybridized carbons (Fsp3) is 0.500. The Morgan fingerprint density at radius 1 is 1.17 bits per heavy atom. The molecule has 2 atom stereocenters. The summed E-state index contributed by atoms with van der Waals surface area (Å²) in [7, 11) is 4.11. The quantitative estimate of drug-likeness (QED) is 0.268. The molecule has 2 aliphatic heterocycles. The summed E-state index contributed by atoms with van der Waals surface area (Å²) in [6.45, 7) is 12.6. The van der Waals surface area contributed by atoms with E-state index in [2.05, 4.69) is 72.6 Å². The lowest BCUT2D eigenvalue weighted by molar-refractivity contribution is -0.130. The van der Waals surface area contributed by atoms with Gasteiger partial charge in [-0.3, -0.25) is 4.79 Å². The molecule has 47 heavy (non-hydrogen) atoms. The van der Waals surface area contributed by atoms with Crippen molar-refractivity contribution in [2.75, 3.05) is 63.3 Å². The summed E-state index contributed by atoms with van der Waals surface area (Å²) in [5, 5.41) is 21.9. The van der Waals surface area contributed by atoms with Crippen molar-refractivity contribution in [3.05, 3.63) is 64.8 Å². The van der Waals surface area contributed by atoms with Crippen LogP contribution in [0, 0.1) is 11.3 Å². The van der Waals surface area contributed by atoms with Crippen LogP contribution in [0.2, 0.25) is 5.02 Å². The monoisotopic (exact) mass is 661 g/mol. The van der Waals surface area contributed by atoms with E-state index in [1.54, 1.807) is 4.90 Å². The molecule has 0 saturated carbocycles. The summed E-state index contributed by atoms with van der Waals surface area (Å²) < 4.78 is 6.30. The van der Waals surface area contributed by atoms with E-state index in [-0.39, 0.29) is 30.0 Å². The van der Waals surface area contributed by atoms with Gasteiger partial charge in [0.05, 0.1) is 42.4 Å². The zero-order valence-electron chi connectivity index (χ0n) is 28.4. The molecule has 2 aliphatic rings. The number of benzene rings is 2. The predicted octanol–water partition coefficient (Wildman–Crippen LogP) is 5.46. The van der Waals surface area contributed by atoms with E-state index in [1.807, 2.05) is 26.0 Å². The highest BCUT2D eigenvalue weighted by molar-refractivity contribution is 6.36. The molecule has 0 aliphatic carbocycles. The molecule has 10 nitrogen and oxygen atoms in total. The third kappa shape index (κ3) is 8.15. The topological polar surface area (TPSA) is 109 Å². The molecule has 1 saturated heterocycles. The summed E-state index contributed by atoms with van der Waals surface area (Å²) in [6.07, 6.45) is 2.91. The lowest BCUT2D eigenvalue weighted by Crippen LogP contribution is -2.56. The van der Waals surface area contributed by atoms with Gasteiger partial charge in [0, 0.05) is 54.4 Å². The van der Waals surface area contributed by atoms with Crippen molar-refractivity contribution < 1.29 is 14.6 Å². The zero-order valence-corrected chi connectivity index (χ0v) is 29.1. The normalized spacial score (nSPS) is 16.7. The van der Waals surface area contributed by atoms with Crippen LogP contribution in [-0.2, 0) is 17.8 Å². The first-order valence-electron chi connectivity index (χ1n) is 16.6. The van der Waals surface area contributed by atoms with E-state index in [4.69, 9.17) is 26.3 Å². The lowest BCUT2D eigenvalue weighted by atomic mass is 10.0. The predicted molar refractivity (Wildman–Crippen MR) is 189 cm³/mol. The number of hydrogen-bond acceptors (Lipinski definition) is 9. The number of carbonyl (C=O) groups is 1. The van der Waals surface area contributed by atoms with Crippen LogP contribution in [0.15, 0.2) is 48.6 Å². The first-order valence-corrected chi connectivity index (χ1v) is 17.0. The number of aliphatic hydroxyl groups is 1. The van der Waals surface area contributed by atoms with Gasteiger partial charge in [0.2, 0.25) is 0 Å². The van der Waals surface area contributed by atoms with Gasteiger partial charge in [0.1, 0.15) is 12.4 Å². The number of nitriles is 1. The number of piperazine rings is 1. The van der Waals surface area contributed by atoms with Crippen molar-refractivity contribution >= 4 is 39.8 Å². The van der Waals surface area contributed by atoms with Crippen molar-refractivity contribution in [2.45, 2.75) is 65.1 Å². The van der Waals surface area contributed by atoms with Crippen LogP contribution < -0.4 is 14.5 Å². The molecule has 2 aromatic carbocycles. The molecule has 11 heteroatoms. The van der Waals surface area contributed by atoms with E-state index in [0.717, 1.165) is 52.9 Å². The molecule has 0 radical (unpaired) electrons. The first kappa shape index (κ1) is 35.9. The van der Waals surface area contributed by atoms with E-state index in [0.29, 0.717) is 50.2 Å². The molecule has 3 heterocycles. The Morgan fingerprint density at radius 3 is 2.60 bits per heavy atom. The summed E-state index contributed by atoms with van der Waals surface area (Å²) in [6, 6.07) is 14.6. The van der Waals surface area contributed by atoms with Crippen LogP contribution in [0.25, 0.3) is 10.8 Å². The van der Waals surface area contributed by atoms with Gasteiger partial charge in [0.15, 0.2) is 0 Å². The van der Waals surface area contributed by atoms with Gasteiger partial charge in [-0.1, -0.05) is 69.6 Å². The maximum absolute atomic E-state index is 13.0. The van der Waals surface area contributed by atoms with Crippen molar-refractivity contribution in [3.63, 3.8) is 0 Å². The number of nitrogens with zero attached hydrogens (tertiary/aromatic N) is 7. The second kappa shape index (κ2) is 16.8. The van der Waals surface area contributed by atoms with E-state index < -0.39 is 6.61 Å². The fourth-order valence-electron chi connectivity index (χ4n) is 6.32. The summed E-state index contributed by atoms with van der Waals surface area (Å²) >= 11 is 6.70. The van der Waals surface area contributed by atoms with Gasteiger partial charge >= 0.3 is 6.01 Å². The van der Waals surface area contributed by atoms with E-state index >= 15 is 0 Å². The van der Waals surface area contributed by atoms with Crippen LogP contribution in [0.1, 0.15) is 51.3 Å². The highest BCUT2D eigenvalue weighted by Crippen LogP contribution is 2.37. The zero-order chi connectivity index (χ0) is 34.1. The number of likely N-dealkylation sites (N-methyl/N-ethyl adjacent to an activating group) is 1. The molecule has 3 aromatic rings. The molecule has 0 spiro atoms. The van der Waals surface area contributed by atoms with Gasteiger partial charge in [0.25, 0.3) is 5.91 Å². The SMILES string of the molecule is C=C(CO)C(=O)N1CCN(c2nc(OCC(CCC)N(C)C)nc3c2CCN(c2cccc4cccc(Cl)c24)C3)CC1CC#N.CC. The minimum Gasteiger partial charge on any atom is -0.462 e. The van der Waals surface area contributed by atoms with Gasteiger partial charge in [-0.05, 0) is 44.5 Å². The van der Waals surface area contributed by atoms with Gasteiger partial charge in [-0.25, -0.2) is 0 Å². The second-order valence-corrected chi connectivity index (χ2v) is 12.4. The number of halogens is 1. The number of carbonyl (C=O) groups excluding carboxylic acids is 1. The van der Waals surface area contributed by atoms with Gasteiger partial charge < -0.3 is 29.4 Å². The Labute approximate surface area is 284 Å². The third-order valence-corrected chi connectivity index (χ3v) is 9.13. The highest BCUT2D eigenvalue weighted by Gasteiger charge is 2.34. The van der Waals surface area contributed by atoms with Crippen molar-refractivity contribution in [2.24, 2.45) is 0 Å². The molecule has 5 rings (SSSR count). The Bertz CT molecular complexity index is 1590. The lowest BCUT2D eigenvalue weighted by Gasteiger charge is -2.42. The molecular formula is C36H48ClN7O3. The minimum atomic E-state index is -0.414. The Morgan fingerprint density at radius 2 is 1.91 bits per heavy atom. The Hall–Kier alpha value is -3.91. The standard InChI is InChI=1S/C34H42ClN7O3.C2H6/c1-5-8-26(39(3)4)22-45-34-37-29-20-40(30-12-7-10-24-9-6-11-28(35)31(24)30)16-14-27(29)32(38-34)41-17-18-42(25(19-41)13-15-36)33(44)23(2)21-43;1-2/h6-7,9-12,25-26,43H,2,5,8,13-14,16-22H2,1,3-4H3;1-2H3. The van der Waals surface area contributed by atoms with Gasteiger partial charge in [-0.15, -0.1) is 0 Å². The van der Waals surface area contributed by atoms with Crippen LogP contribution in [-0.4, -0.2) is 96.4 Å².